The lowest BCUT2D eigenvalue weighted by Crippen LogP contribution is -2.26. The molecule has 8 heteroatoms. The molecule has 0 bridgehead atoms. The SMILES string of the molecule is CC(=O)C(C(C)=O)=C1Sc2c(OSC3CCC(C4CCCCC4)CC3)ccc(OSC3CCC(C4CCC(C)CC4)CC3)c2S1. The van der Waals surface area contributed by atoms with Crippen molar-refractivity contribution in [2.75, 3.05) is 0 Å². The van der Waals surface area contributed by atoms with Crippen molar-refractivity contribution >= 4 is 59.2 Å². The first-order chi connectivity index (χ1) is 21.9. The molecular formula is C37H52O4S4. The summed E-state index contributed by atoms with van der Waals surface area (Å²) in [4.78, 5) is 26.9. The van der Waals surface area contributed by atoms with E-state index in [4.69, 9.17) is 8.37 Å². The van der Waals surface area contributed by atoms with E-state index >= 15 is 0 Å². The summed E-state index contributed by atoms with van der Waals surface area (Å²) in [7, 11) is 0. The second-order valence-electron chi connectivity index (χ2n) is 14.5. The minimum absolute atomic E-state index is 0.182. The summed E-state index contributed by atoms with van der Waals surface area (Å²) < 4.78 is 13.7. The van der Waals surface area contributed by atoms with Crippen molar-refractivity contribution < 1.29 is 18.0 Å². The Labute approximate surface area is 288 Å². The fraction of sp³-hybridized carbons (Fsp3) is 0.730. The lowest BCUT2D eigenvalue weighted by molar-refractivity contribution is -0.119. The Hall–Kier alpha value is -0.700. The molecule has 1 aliphatic heterocycles. The number of hydrogen-bond donors (Lipinski definition) is 0. The molecule has 1 aromatic carbocycles. The summed E-state index contributed by atoms with van der Waals surface area (Å²) in [5.74, 6) is 5.88. The number of fused-ring (bicyclic) bond motifs is 1. The number of benzene rings is 1. The number of ketones is 2. The number of Topliss-reactive ketones (excluding diaryl/α,β-unsaturated/α-hetero) is 2. The van der Waals surface area contributed by atoms with Gasteiger partial charge in [0.25, 0.3) is 0 Å². The zero-order chi connectivity index (χ0) is 31.3. The minimum Gasteiger partial charge on any atom is -0.424 e. The smallest absolute Gasteiger partial charge is 0.165 e. The highest BCUT2D eigenvalue weighted by Crippen LogP contribution is 2.60. The monoisotopic (exact) mass is 688 g/mol. The summed E-state index contributed by atoms with van der Waals surface area (Å²) in [6, 6.07) is 4.07. The standard InChI is InChI=1S/C37H52O4S4/c1-23-9-11-27(12-10-23)29-15-19-31(20-16-29)45-41-33-22-21-32(35-36(33)43-37(42-35)34(24(2)38)25(3)39)40-44-30-17-13-28(14-18-30)26-7-5-4-6-8-26/h21-23,26-31H,4-20H2,1-3H3. The number of allylic oxidation sites excluding steroid dienone is 1. The van der Waals surface area contributed by atoms with Crippen molar-refractivity contribution in [2.24, 2.45) is 29.6 Å². The lowest BCUT2D eigenvalue weighted by Gasteiger charge is -2.36. The van der Waals surface area contributed by atoms with Crippen LogP contribution in [0.25, 0.3) is 0 Å². The van der Waals surface area contributed by atoms with Gasteiger partial charge in [-0.2, -0.15) is 0 Å². The quantitative estimate of drug-likeness (QED) is 0.104. The Bertz CT molecular complexity index is 1200. The zero-order valence-electron chi connectivity index (χ0n) is 27.5. The van der Waals surface area contributed by atoms with E-state index in [1.165, 1.54) is 147 Å². The molecule has 5 aliphatic rings. The summed E-state index contributed by atoms with van der Waals surface area (Å²) in [6.45, 7) is 5.39. The minimum atomic E-state index is -0.182. The van der Waals surface area contributed by atoms with Crippen molar-refractivity contribution in [1.29, 1.82) is 0 Å². The number of hydrogen-bond acceptors (Lipinski definition) is 8. The molecule has 6 rings (SSSR count). The average Bonchev–Trinajstić information content (AvgIpc) is 3.49. The van der Waals surface area contributed by atoms with E-state index in [0.717, 1.165) is 55.1 Å². The maximum absolute atomic E-state index is 12.5. The topological polar surface area (TPSA) is 52.6 Å². The highest BCUT2D eigenvalue weighted by molar-refractivity contribution is 8.25. The first kappa shape index (κ1) is 34.2. The highest BCUT2D eigenvalue weighted by Gasteiger charge is 2.34. The van der Waals surface area contributed by atoms with Crippen LogP contribution in [0.3, 0.4) is 0 Å². The van der Waals surface area contributed by atoms with Crippen LogP contribution >= 0.6 is 47.6 Å². The van der Waals surface area contributed by atoms with Gasteiger partial charge in [0, 0.05) is 10.5 Å². The fourth-order valence-electron chi connectivity index (χ4n) is 8.61. The van der Waals surface area contributed by atoms with Gasteiger partial charge in [0.05, 0.1) is 43.7 Å². The van der Waals surface area contributed by atoms with Crippen LogP contribution < -0.4 is 8.37 Å². The third-order valence-corrected chi connectivity index (χ3v) is 16.0. The molecule has 4 aliphatic carbocycles. The molecule has 4 nitrogen and oxygen atoms in total. The van der Waals surface area contributed by atoms with Crippen LogP contribution in [0.2, 0.25) is 0 Å². The van der Waals surface area contributed by atoms with Crippen molar-refractivity contribution in [2.45, 2.75) is 150 Å². The van der Waals surface area contributed by atoms with Crippen LogP contribution in [-0.4, -0.2) is 22.1 Å². The van der Waals surface area contributed by atoms with E-state index in [-0.39, 0.29) is 17.1 Å². The summed E-state index contributed by atoms with van der Waals surface area (Å²) >= 11 is 6.24. The lowest BCUT2D eigenvalue weighted by atomic mass is 9.71. The Balaban J connectivity index is 1.08. The Morgan fingerprint density at radius 1 is 0.600 bits per heavy atom. The first-order valence-electron chi connectivity index (χ1n) is 17.8. The Kier molecular flexibility index (Phi) is 12.3. The molecule has 4 saturated carbocycles. The van der Waals surface area contributed by atoms with Gasteiger partial charge in [-0.3, -0.25) is 9.59 Å². The molecule has 4 fully saturated rings. The molecule has 0 atom stereocenters. The molecular weight excluding hydrogens is 637 g/mol. The van der Waals surface area contributed by atoms with Crippen LogP contribution in [-0.2, 0) is 9.59 Å². The molecule has 0 N–H and O–H groups in total. The van der Waals surface area contributed by atoms with Gasteiger partial charge in [0.2, 0.25) is 0 Å². The molecule has 0 amide bonds. The van der Waals surface area contributed by atoms with Crippen LogP contribution in [0.5, 0.6) is 11.5 Å². The third kappa shape index (κ3) is 8.67. The van der Waals surface area contributed by atoms with Gasteiger partial charge in [-0.15, -0.1) is 0 Å². The summed E-state index contributed by atoms with van der Waals surface area (Å²) in [5.41, 5.74) is 0.287. The first-order valence-corrected chi connectivity index (χ1v) is 21.1. The van der Waals surface area contributed by atoms with Crippen molar-refractivity contribution in [1.82, 2.24) is 0 Å². The number of carbonyl (C=O) groups excluding carboxylic acids is 2. The van der Waals surface area contributed by atoms with Crippen LogP contribution in [0, 0.1) is 29.6 Å². The maximum atomic E-state index is 12.5. The molecule has 0 aromatic heterocycles. The zero-order valence-corrected chi connectivity index (χ0v) is 30.7. The largest absolute Gasteiger partial charge is 0.424 e. The van der Waals surface area contributed by atoms with Gasteiger partial charge in [0.15, 0.2) is 23.1 Å². The number of rotatable bonds is 10. The average molecular weight is 689 g/mol. The second-order valence-corrected chi connectivity index (χ2v) is 18.9. The Morgan fingerprint density at radius 2 is 1.00 bits per heavy atom. The van der Waals surface area contributed by atoms with E-state index in [0.29, 0.717) is 10.5 Å². The molecule has 0 saturated heterocycles. The number of thioether (sulfide) groups is 2. The van der Waals surface area contributed by atoms with E-state index < -0.39 is 0 Å². The van der Waals surface area contributed by atoms with E-state index in [9.17, 15) is 9.59 Å². The van der Waals surface area contributed by atoms with E-state index in [2.05, 4.69) is 6.92 Å². The van der Waals surface area contributed by atoms with Crippen LogP contribution in [0.15, 0.2) is 31.7 Å². The summed E-state index contributed by atoms with van der Waals surface area (Å²) in [6.07, 6.45) is 23.0. The van der Waals surface area contributed by atoms with Crippen molar-refractivity contribution in [3.63, 3.8) is 0 Å². The van der Waals surface area contributed by atoms with Gasteiger partial charge in [-0.05, 0) is 120 Å². The molecule has 1 heterocycles. The molecule has 0 radical (unpaired) electrons. The van der Waals surface area contributed by atoms with Gasteiger partial charge in [0.1, 0.15) is 0 Å². The fourth-order valence-corrected chi connectivity index (χ4v) is 13.3. The predicted molar refractivity (Wildman–Crippen MR) is 192 cm³/mol. The van der Waals surface area contributed by atoms with Gasteiger partial charge in [-0.25, -0.2) is 0 Å². The molecule has 1 aromatic rings. The molecule has 0 unspecified atom stereocenters. The molecule has 0 spiro atoms. The number of carbonyl (C=O) groups is 2. The van der Waals surface area contributed by atoms with E-state index in [1.54, 1.807) is 24.1 Å². The summed E-state index contributed by atoms with van der Waals surface area (Å²) in [5, 5.41) is 1.02. The van der Waals surface area contributed by atoms with Crippen molar-refractivity contribution in [3.8, 4) is 11.5 Å². The second kappa shape index (κ2) is 16.1. The maximum Gasteiger partial charge on any atom is 0.165 e. The third-order valence-electron chi connectivity index (χ3n) is 11.4. The van der Waals surface area contributed by atoms with Crippen LogP contribution in [0.1, 0.15) is 130 Å². The van der Waals surface area contributed by atoms with Crippen molar-refractivity contribution in [3.05, 3.63) is 21.9 Å². The van der Waals surface area contributed by atoms with Gasteiger partial charge >= 0.3 is 0 Å². The van der Waals surface area contributed by atoms with Gasteiger partial charge in [-0.1, -0.05) is 75.4 Å². The molecule has 45 heavy (non-hydrogen) atoms. The Morgan fingerprint density at radius 3 is 1.42 bits per heavy atom. The highest BCUT2D eigenvalue weighted by atomic mass is 32.2. The van der Waals surface area contributed by atoms with Gasteiger partial charge < -0.3 is 8.37 Å². The normalized spacial score (nSPS) is 30.9. The predicted octanol–water partition coefficient (Wildman–Crippen LogP) is 11.9. The molecule has 248 valence electrons. The van der Waals surface area contributed by atoms with E-state index in [1.807, 2.05) is 12.1 Å². The van der Waals surface area contributed by atoms with Crippen LogP contribution in [0.4, 0.5) is 0 Å².